The summed E-state index contributed by atoms with van der Waals surface area (Å²) in [5.41, 5.74) is 2.00. The molecule has 1 saturated carbocycles. The fourth-order valence-electron chi connectivity index (χ4n) is 8.80. The van der Waals surface area contributed by atoms with Crippen LogP contribution >= 0.6 is 0 Å². The minimum absolute atomic E-state index is 0.0729. The monoisotopic (exact) mass is 825 g/mol. The number of aliphatic hydroxyl groups excluding tert-OH is 3. The fourth-order valence-corrected chi connectivity index (χ4v) is 9.89. The molecule has 3 aliphatic rings. The number of Topliss-reactive ketones (excluding diaryl/α,β-unsaturated/α-hetero) is 2. The van der Waals surface area contributed by atoms with Gasteiger partial charge in [0.15, 0.2) is 11.4 Å². The molecule has 0 spiro atoms. The molecule has 4 aromatic rings. The van der Waals surface area contributed by atoms with E-state index in [0.717, 1.165) is 16.3 Å². The number of aromatic hydroxyl groups is 1. The predicted octanol–water partition coefficient (Wildman–Crippen LogP) is 4.22. The number of fused-ring (bicyclic) bond motifs is 4. The smallest absolute Gasteiger partial charge is 0.323 e. The third kappa shape index (κ3) is 6.46. The van der Waals surface area contributed by atoms with Crippen molar-refractivity contribution in [2.45, 2.75) is 55.2 Å². The van der Waals surface area contributed by atoms with Crippen LogP contribution in [0.1, 0.15) is 49.3 Å². The summed E-state index contributed by atoms with van der Waals surface area (Å²) in [5, 5.41) is 64.6. The van der Waals surface area contributed by atoms with Crippen LogP contribution < -0.4 is 21.1 Å². The Kier molecular flexibility index (Phi) is 10.1. The lowest BCUT2D eigenvalue weighted by molar-refractivity contribution is -0.169. The Bertz CT molecular complexity index is 2660. The van der Waals surface area contributed by atoms with Crippen LogP contribution in [0.3, 0.4) is 0 Å². The van der Waals surface area contributed by atoms with Gasteiger partial charge in [0.25, 0.3) is 15.9 Å². The SMILES string of the molecule is CC(C)c1cccc2cc(S(=O)(=O)Nc3ccc(NC(=O)Nc4ccc5c(c4O)C(O)=C4C(=O)[C@@]6(O)C(O)=C(C(N)=O)C(=O)[C@H](N(C)C)[C@H]6[C@H](O)[C@H]4[C@@H]5C)cc3)ccc12. The van der Waals surface area contributed by atoms with Crippen molar-refractivity contribution in [1.82, 2.24) is 4.90 Å². The number of carbonyl (C=O) groups is 4. The predicted molar refractivity (Wildman–Crippen MR) is 218 cm³/mol. The largest absolute Gasteiger partial charge is 0.508 e. The highest BCUT2D eigenvalue weighted by atomic mass is 32.2. The van der Waals surface area contributed by atoms with Crippen molar-refractivity contribution >= 4 is 67.1 Å². The number of carbonyl (C=O) groups excluding carboxylic acids is 4. The molecule has 0 heterocycles. The minimum Gasteiger partial charge on any atom is -0.508 e. The third-order valence-corrected chi connectivity index (χ3v) is 13.0. The van der Waals surface area contributed by atoms with Crippen LogP contribution in [0.15, 0.2) is 94.6 Å². The average Bonchev–Trinajstić information content (AvgIpc) is 3.17. The number of hydrogen-bond donors (Lipinski definition) is 9. The molecule has 17 heteroatoms. The van der Waals surface area contributed by atoms with Crippen molar-refractivity contribution in [3.8, 4) is 5.75 Å². The number of amides is 3. The molecule has 7 rings (SSSR count). The average molecular weight is 826 g/mol. The van der Waals surface area contributed by atoms with E-state index in [1.165, 1.54) is 55.4 Å². The van der Waals surface area contributed by atoms with E-state index in [1.807, 2.05) is 18.2 Å². The second kappa shape index (κ2) is 14.5. The minimum atomic E-state index is -3.97. The van der Waals surface area contributed by atoms with Crippen molar-refractivity contribution in [2.24, 2.45) is 17.6 Å². The molecule has 0 bridgehead atoms. The molecule has 0 saturated heterocycles. The highest BCUT2D eigenvalue weighted by Gasteiger charge is 2.68. The van der Waals surface area contributed by atoms with Gasteiger partial charge in [0.05, 0.1) is 34.2 Å². The number of aliphatic hydroxyl groups is 4. The lowest BCUT2D eigenvalue weighted by atomic mass is 9.54. The van der Waals surface area contributed by atoms with Crippen LogP contribution in [-0.4, -0.2) is 94.2 Å². The number of likely N-dealkylation sites (N-methyl/N-ethyl adjacent to an activating group) is 1. The molecule has 10 N–H and O–H groups in total. The van der Waals surface area contributed by atoms with E-state index in [-0.39, 0.29) is 39.0 Å². The molecule has 0 aromatic heterocycles. The summed E-state index contributed by atoms with van der Waals surface area (Å²) >= 11 is 0. The maximum atomic E-state index is 14.3. The summed E-state index contributed by atoms with van der Waals surface area (Å²) in [7, 11) is -1.14. The van der Waals surface area contributed by atoms with E-state index in [2.05, 4.69) is 29.2 Å². The normalized spacial score (nSPS) is 24.2. The number of rotatable bonds is 8. The molecule has 308 valence electrons. The molecule has 16 nitrogen and oxygen atoms in total. The summed E-state index contributed by atoms with van der Waals surface area (Å²) in [5.74, 6) is -10.2. The first kappa shape index (κ1) is 40.9. The Morgan fingerprint density at radius 3 is 2.20 bits per heavy atom. The quantitative estimate of drug-likeness (QED) is 0.0893. The van der Waals surface area contributed by atoms with E-state index >= 15 is 0 Å². The van der Waals surface area contributed by atoms with Crippen molar-refractivity contribution in [3.05, 3.63) is 106 Å². The maximum Gasteiger partial charge on any atom is 0.323 e. The molecule has 4 aromatic carbocycles. The highest BCUT2D eigenvalue weighted by molar-refractivity contribution is 7.92. The van der Waals surface area contributed by atoms with Crippen molar-refractivity contribution < 1.29 is 53.1 Å². The molecule has 0 radical (unpaired) electrons. The molecule has 6 atom stereocenters. The first-order valence-electron chi connectivity index (χ1n) is 18.6. The van der Waals surface area contributed by atoms with Gasteiger partial charge in [0.2, 0.25) is 5.78 Å². The second-order valence-electron chi connectivity index (χ2n) is 15.6. The van der Waals surface area contributed by atoms with Crippen LogP contribution in [0.5, 0.6) is 5.75 Å². The summed E-state index contributed by atoms with van der Waals surface area (Å²) in [6, 6.07) is 16.9. The van der Waals surface area contributed by atoms with E-state index in [1.54, 1.807) is 25.1 Å². The van der Waals surface area contributed by atoms with Crippen LogP contribution in [0.25, 0.3) is 16.5 Å². The molecular formula is C42H43N5O11S. The zero-order valence-corrected chi connectivity index (χ0v) is 33.3. The zero-order valence-electron chi connectivity index (χ0n) is 32.5. The summed E-state index contributed by atoms with van der Waals surface area (Å²) in [6.45, 7) is 5.72. The van der Waals surface area contributed by atoms with E-state index in [4.69, 9.17) is 5.73 Å². The fraction of sp³-hybridized carbons (Fsp3) is 0.286. The highest BCUT2D eigenvalue weighted by Crippen LogP contribution is 2.56. The van der Waals surface area contributed by atoms with Gasteiger partial charge in [-0.2, -0.15) is 0 Å². The van der Waals surface area contributed by atoms with Gasteiger partial charge in [-0.1, -0.05) is 51.1 Å². The van der Waals surface area contributed by atoms with Crippen LogP contribution in [0, 0.1) is 11.8 Å². The molecule has 3 amide bonds. The number of phenolic OH excluding ortho intramolecular Hbond substituents is 1. The van der Waals surface area contributed by atoms with Crippen LogP contribution in [0.4, 0.5) is 21.9 Å². The molecule has 0 aliphatic heterocycles. The topological polar surface area (TPSA) is 269 Å². The first-order valence-corrected chi connectivity index (χ1v) is 20.1. The number of nitrogens with one attached hydrogen (secondary N) is 3. The molecule has 59 heavy (non-hydrogen) atoms. The Morgan fingerprint density at radius 1 is 0.915 bits per heavy atom. The Hall–Kier alpha value is -6.27. The molecule has 3 aliphatic carbocycles. The van der Waals surface area contributed by atoms with Crippen LogP contribution in [-0.2, 0) is 24.4 Å². The molecular weight excluding hydrogens is 783 g/mol. The molecule has 1 fully saturated rings. The zero-order chi connectivity index (χ0) is 43.0. The van der Waals surface area contributed by atoms with Gasteiger partial charge in [0, 0.05) is 22.9 Å². The Balaban J connectivity index is 1.12. The van der Waals surface area contributed by atoms with E-state index in [9.17, 15) is 53.1 Å². The number of anilines is 3. The Morgan fingerprint density at radius 2 is 1.58 bits per heavy atom. The van der Waals surface area contributed by atoms with Gasteiger partial charge in [-0.25, -0.2) is 13.2 Å². The second-order valence-corrected chi connectivity index (χ2v) is 17.3. The van der Waals surface area contributed by atoms with Gasteiger partial charge < -0.3 is 41.9 Å². The summed E-state index contributed by atoms with van der Waals surface area (Å²) in [6.07, 6.45) is -1.75. The Labute approximate surface area is 338 Å². The van der Waals surface area contributed by atoms with Crippen molar-refractivity contribution in [2.75, 3.05) is 29.5 Å². The maximum absolute atomic E-state index is 14.3. The number of ketones is 2. The molecule has 0 unspecified atom stereocenters. The summed E-state index contributed by atoms with van der Waals surface area (Å²) < 4.78 is 29.1. The van der Waals surface area contributed by atoms with Gasteiger partial charge in [-0.15, -0.1) is 0 Å². The number of urea groups is 1. The standard InChI is InChI=1S/C42H43N5O11S/c1-18(2)24-8-6-7-20-17-23(13-14-26(20)24)59(57,58)46-22-11-9-21(10-12-22)44-41(55)45-27-16-15-25-19(3)28-30(35(49)29(25)34(27)48)38(52)42(56)32(36(28)50)33(47(4)5)37(51)31(39(42)53)40(43)54/h6-19,28,32-33,36,46,48-50,53,56H,1-5H3,(H2,43,54)(H2,44,45,55)/t19-,28+,32+,33-,36-,42-/m1/s1. The number of primary amides is 1. The number of sulfonamides is 1. The number of benzene rings is 4. The number of nitrogens with zero attached hydrogens (tertiary/aromatic N) is 1. The number of hydrogen-bond acceptors (Lipinski definition) is 12. The summed E-state index contributed by atoms with van der Waals surface area (Å²) in [4.78, 5) is 54.4. The van der Waals surface area contributed by atoms with Gasteiger partial charge >= 0.3 is 6.03 Å². The third-order valence-electron chi connectivity index (χ3n) is 11.6. The van der Waals surface area contributed by atoms with Crippen molar-refractivity contribution in [1.29, 1.82) is 0 Å². The van der Waals surface area contributed by atoms with Gasteiger partial charge in [-0.3, -0.25) is 24.0 Å². The lowest BCUT2D eigenvalue weighted by Crippen LogP contribution is -2.70. The van der Waals surface area contributed by atoms with Gasteiger partial charge in [-0.05, 0) is 90.3 Å². The van der Waals surface area contributed by atoms with Crippen molar-refractivity contribution in [3.63, 3.8) is 0 Å². The van der Waals surface area contributed by atoms with E-state index in [0.29, 0.717) is 0 Å². The number of phenols is 1. The van der Waals surface area contributed by atoms with E-state index < -0.39 is 97.4 Å². The van der Waals surface area contributed by atoms with Crippen LogP contribution in [0.2, 0.25) is 0 Å². The first-order chi connectivity index (χ1) is 27.7. The van der Waals surface area contributed by atoms with Gasteiger partial charge in [0.1, 0.15) is 22.8 Å². The lowest BCUT2D eigenvalue weighted by Gasteiger charge is -2.53. The number of nitrogens with two attached hydrogens (primary N) is 1.